The van der Waals surface area contributed by atoms with Crippen LogP contribution in [0, 0.1) is 5.92 Å². The average molecular weight is 178 g/mol. The van der Waals surface area contributed by atoms with Crippen molar-refractivity contribution in [1.82, 2.24) is 0 Å². The molecule has 3 heteroatoms. The molecule has 0 aliphatic heterocycles. The molecule has 0 heterocycles. The third kappa shape index (κ3) is 1.94. The van der Waals surface area contributed by atoms with Crippen molar-refractivity contribution in [3.8, 4) is 0 Å². The molecule has 1 nitrogen and oxygen atoms in total. The van der Waals surface area contributed by atoms with E-state index >= 15 is 0 Å². The Labute approximate surface area is 71.8 Å². The van der Waals surface area contributed by atoms with Crippen LogP contribution in [0.2, 0.25) is 0 Å². The van der Waals surface area contributed by atoms with Crippen LogP contribution < -0.4 is 0 Å². The van der Waals surface area contributed by atoms with Gasteiger partial charge < -0.3 is 5.11 Å². The van der Waals surface area contributed by atoms with Crippen molar-refractivity contribution in [3.05, 3.63) is 0 Å². The minimum atomic E-state index is -2.66. The fourth-order valence-corrected chi connectivity index (χ4v) is 2.10. The van der Waals surface area contributed by atoms with Crippen LogP contribution in [0.15, 0.2) is 0 Å². The molecule has 1 fully saturated rings. The molecule has 1 saturated carbocycles. The Bertz CT molecular complexity index is 166. The molecule has 2 unspecified atom stereocenters. The predicted octanol–water partition coefficient (Wildman–Crippen LogP) is 2.58. The SMILES string of the molecule is CCC1CCC(F)(F)CC1(C)O. The molecule has 0 saturated heterocycles. The lowest BCUT2D eigenvalue weighted by molar-refractivity contribution is -0.144. The van der Waals surface area contributed by atoms with Gasteiger partial charge in [0.2, 0.25) is 0 Å². The first-order chi connectivity index (χ1) is 5.37. The lowest BCUT2D eigenvalue weighted by Crippen LogP contribution is -2.45. The van der Waals surface area contributed by atoms with Crippen molar-refractivity contribution in [2.75, 3.05) is 0 Å². The summed E-state index contributed by atoms with van der Waals surface area (Å²) in [6.45, 7) is 3.46. The summed E-state index contributed by atoms with van der Waals surface area (Å²) in [5.41, 5.74) is -1.17. The molecule has 0 aromatic heterocycles. The zero-order valence-corrected chi connectivity index (χ0v) is 7.61. The van der Waals surface area contributed by atoms with Crippen molar-refractivity contribution >= 4 is 0 Å². The molecular weight excluding hydrogens is 162 g/mol. The van der Waals surface area contributed by atoms with Crippen LogP contribution in [0.3, 0.4) is 0 Å². The third-order valence-corrected chi connectivity index (χ3v) is 2.85. The summed E-state index contributed by atoms with van der Waals surface area (Å²) in [7, 11) is 0. The second-order valence-corrected chi connectivity index (χ2v) is 4.03. The van der Waals surface area contributed by atoms with Crippen LogP contribution in [-0.4, -0.2) is 16.6 Å². The number of hydrogen-bond acceptors (Lipinski definition) is 1. The Hall–Kier alpha value is -0.180. The van der Waals surface area contributed by atoms with Gasteiger partial charge in [-0.3, -0.25) is 0 Å². The molecular formula is C9H16F2O. The number of halogens is 2. The van der Waals surface area contributed by atoms with Gasteiger partial charge in [-0.15, -0.1) is 0 Å². The summed E-state index contributed by atoms with van der Waals surface area (Å²) in [5, 5.41) is 9.69. The van der Waals surface area contributed by atoms with Crippen molar-refractivity contribution < 1.29 is 13.9 Å². The first-order valence-electron chi connectivity index (χ1n) is 4.47. The van der Waals surface area contributed by atoms with Gasteiger partial charge in [-0.05, 0) is 19.3 Å². The van der Waals surface area contributed by atoms with Gasteiger partial charge in [0.15, 0.2) is 0 Å². The summed E-state index contributed by atoms with van der Waals surface area (Å²) in [6, 6.07) is 0. The minimum absolute atomic E-state index is 0.0390. The van der Waals surface area contributed by atoms with Crippen LogP contribution in [0.4, 0.5) is 8.78 Å². The number of rotatable bonds is 1. The maximum atomic E-state index is 12.8. The monoisotopic (exact) mass is 178 g/mol. The fourth-order valence-electron chi connectivity index (χ4n) is 2.10. The van der Waals surface area contributed by atoms with Crippen LogP contribution in [0.5, 0.6) is 0 Å². The zero-order valence-electron chi connectivity index (χ0n) is 7.61. The van der Waals surface area contributed by atoms with E-state index in [1.807, 2.05) is 6.92 Å². The highest BCUT2D eigenvalue weighted by Crippen LogP contribution is 2.43. The Morgan fingerprint density at radius 2 is 2.08 bits per heavy atom. The molecule has 1 rings (SSSR count). The van der Waals surface area contributed by atoms with E-state index in [0.717, 1.165) is 6.42 Å². The van der Waals surface area contributed by atoms with Gasteiger partial charge in [-0.25, -0.2) is 8.78 Å². The molecule has 1 aliphatic rings. The number of alkyl halides is 2. The normalized spacial score (nSPS) is 41.2. The molecule has 72 valence electrons. The second-order valence-electron chi connectivity index (χ2n) is 4.03. The number of hydrogen-bond donors (Lipinski definition) is 1. The summed E-state index contributed by atoms with van der Waals surface area (Å²) in [5.74, 6) is -2.62. The summed E-state index contributed by atoms with van der Waals surface area (Å²) in [6.07, 6.45) is 0.778. The van der Waals surface area contributed by atoms with E-state index in [1.165, 1.54) is 6.92 Å². The maximum absolute atomic E-state index is 12.8. The quantitative estimate of drug-likeness (QED) is 0.654. The first kappa shape index (κ1) is 9.90. The highest BCUT2D eigenvalue weighted by atomic mass is 19.3. The van der Waals surface area contributed by atoms with Gasteiger partial charge in [0, 0.05) is 12.8 Å². The highest BCUT2D eigenvalue weighted by molar-refractivity contribution is 4.92. The topological polar surface area (TPSA) is 20.2 Å². The Kier molecular flexibility index (Phi) is 2.43. The Balaban J connectivity index is 2.67. The highest BCUT2D eigenvalue weighted by Gasteiger charge is 2.46. The first-order valence-corrected chi connectivity index (χ1v) is 4.47. The fraction of sp³-hybridized carbons (Fsp3) is 1.00. The lowest BCUT2D eigenvalue weighted by Gasteiger charge is -2.40. The lowest BCUT2D eigenvalue weighted by atomic mass is 9.74. The molecule has 0 amide bonds. The average Bonchev–Trinajstić information content (AvgIpc) is 1.83. The van der Waals surface area contributed by atoms with Gasteiger partial charge in [0.05, 0.1) is 5.60 Å². The molecule has 0 aromatic carbocycles. The molecule has 0 aromatic rings. The van der Waals surface area contributed by atoms with E-state index in [-0.39, 0.29) is 18.8 Å². The summed E-state index contributed by atoms with van der Waals surface area (Å²) in [4.78, 5) is 0. The van der Waals surface area contributed by atoms with E-state index in [1.54, 1.807) is 0 Å². The minimum Gasteiger partial charge on any atom is -0.390 e. The van der Waals surface area contributed by atoms with Crippen LogP contribution in [0.25, 0.3) is 0 Å². The van der Waals surface area contributed by atoms with Crippen LogP contribution >= 0.6 is 0 Å². The van der Waals surface area contributed by atoms with Gasteiger partial charge in [-0.2, -0.15) is 0 Å². The zero-order chi connectivity index (χ0) is 9.41. The van der Waals surface area contributed by atoms with Crippen LogP contribution in [-0.2, 0) is 0 Å². The maximum Gasteiger partial charge on any atom is 0.250 e. The standard InChI is InChI=1S/C9H16F2O/c1-3-7-4-5-9(10,11)6-8(7,2)12/h7,12H,3-6H2,1-2H3. The smallest absolute Gasteiger partial charge is 0.250 e. The van der Waals surface area contributed by atoms with Crippen LogP contribution in [0.1, 0.15) is 39.5 Å². The Morgan fingerprint density at radius 1 is 1.50 bits per heavy atom. The molecule has 0 spiro atoms. The molecule has 12 heavy (non-hydrogen) atoms. The molecule has 2 atom stereocenters. The van der Waals surface area contributed by atoms with Gasteiger partial charge >= 0.3 is 0 Å². The second kappa shape index (κ2) is 2.95. The van der Waals surface area contributed by atoms with E-state index in [2.05, 4.69) is 0 Å². The summed E-state index contributed by atoms with van der Waals surface area (Å²) < 4.78 is 25.7. The molecule has 0 bridgehead atoms. The number of aliphatic hydroxyl groups is 1. The molecule has 0 radical (unpaired) electrons. The van der Waals surface area contributed by atoms with Gasteiger partial charge in [-0.1, -0.05) is 13.3 Å². The molecule has 1 N–H and O–H groups in total. The van der Waals surface area contributed by atoms with Gasteiger partial charge in [0.25, 0.3) is 5.92 Å². The van der Waals surface area contributed by atoms with Crippen molar-refractivity contribution in [3.63, 3.8) is 0 Å². The van der Waals surface area contributed by atoms with Crippen molar-refractivity contribution in [2.45, 2.75) is 51.1 Å². The predicted molar refractivity (Wildman–Crippen MR) is 43.2 cm³/mol. The van der Waals surface area contributed by atoms with Crippen molar-refractivity contribution in [1.29, 1.82) is 0 Å². The third-order valence-electron chi connectivity index (χ3n) is 2.85. The van der Waals surface area contributed by atoms with Crippen molar-refractivity contribution in [2.24, 2.45) is 5.92 Å². The Morgan fingerprint density at radius 3 is 2.50 bits per heavy atom. The van der Waals surface area contributed by atoms with E-state index < -0.39 is 11.5 Å². The van der Waals surface area contributed by atoms with E-state index in [9.17, 15) is 13.9 Å². The molecule has 1 aliphatic carbocycles. The largest absolute Gasteiger partial charge is 0.390 e. The summed E-state index contributed by atoms with van der Waals surface area (Å²) >= 11 is 0. The van der Waals surface area contributed by atoms with E-state index in [0.29, 0.717) is 6.42 Å². The van der Waals surface area contributed by atoms with Gasteiger partial charge in [0.1, 0.15) is 0 Å². The van der Waals surface area contributed by atoms with E-state index in [4.69, 9.17) is 0 Å².